The molecule has 0 saturated carbocycles. The minimum atomic E-state index is -4.59. The predicted octanol–water partition coefficient (Wildman–Crippen LogP) is 5.74. The Bertz CT molecular complexity index is 1600. The quantitative estimate of drug-likeness (QED) is 0.315. The van der Waals surface area contributed by atoms with Crippen LogP contribution in [0.15, 0.2) is 71.9 Å². The first kappa shape index (κ1) is 26.9. The van der Waals surface area contributed by atoms with Crippen LogP contribution in [0.25, 0.3) is 16.9 Å². The highest BCUT2D eigenvalue weighted by Crippen LogP contribution is 2.31. The summed E-state index contributed by atoms with van der Waals surface area (Å²) >= 11 is 0. The van der Waals surface area contributed by atoms with Crippen molar-refractivity contribution in [1.82, 2.24) is 19.7 Å². The number of likely N-dealkylation sites (tertiary alicyclic amines) is 1. The third-order valence-corrected chi connectivity index (χ3v) is 8.38. The summed E-state index contributed by atoms with van der Waals surface area (Å²) < 4.78 is 72.0. The molecule has 5 rings (SSSR count). The molecule has 0 spiro atoms. The van der Waals surface area contributed by atoms with Gasteiger partial charge in [-0.05, 0) is 88.3 Å². The van der Waals surface area contributed by atoms with Gasteiger partial charge in [-0.3, -0.25) is 9.71 Å². The van der Waals surface area contributed by atoms with E-state index < -0.39 is 38.1 Å². The van der Waals surface area contributed by atoms with Crippen LogP contribution in [0, 0.1) is 17.5 Å². The Morgan fingerprint density at radius 3 is 2.51 bits per heavy atom. The monoisotopic (exact) mass is 555 g/mol. The Balaban J connectivity index is 1.38. The average Bonchev–Trinajstić information content (AvgIpc) is 3.41. The normalized spacial score (nSPS) is 15.1. The molecule has 0 unspecified atom stereocenters. The summed E-state index contributed by atoms with van der Waals surface area (Å²) in [6, 6.07) is 12.1. The highest BCUT2D eigenvalue weighted by atomic mass is 32.2. The number of hydrogen-bond donors (Lipinski definition) is 1. The van der Waals surface area contributed by atoms with E-state index in [4.69, 9.17) is 0 Å². The molecule has 4 aromatic rings. The van der Waals surface area contributed by atoms with Gasteiger partial charge in [-0.1, -0.05) is 6.07 Å². The van der Waals surface area contributed by atoms with Gasteiger partial charge >= 0.3 is 0 Å². The number of benzene rings is 2. The van der Waals surface area contributed by atoms with Crippen molar-refractivity contribution in [3.63, 3.8) is 0 Å². The zero-order valence-electron chi connectivity index (χ0n) is 21.5. The molecule has 1 aliphatic heterocycles. The summed E-state index contributed by atoms with van der Waals surface area (Å²) in [4.78, 5) is 6.12. The van der Waals surface area contributed by atoms with E-state index >= 15 is 4.39 Å². The van der Waals surface area contributed by atoms with E-state index in [9.17, 15) is 17.2 Å². The molecule has 0 atom stereocenters. The van der Waals surface area contributed by atoms with Crippen LogP contribution in [0.4, 0.5) is 18.9 Å². The lowest BCUT2D eigenvalue weighted by Crippen LogP contribution is -2.38. The molecule has 2 aromatic heterocycles. The maximum Gasteiger partial charge on any atom is 0.265 e. The van der Waals surface area contributed by atoms with Gasteiger partial charge in [0.25, 0.3) is 10.0 Å². The molecule has 39 heavy (non-hydrogen) atoms. The van der Waals surface area contributed by atoms with Crippen molar-refractivity contribution in [2.45, 2.75) is 43.5 Å². The smallest absolute Gasteiger partial charge is 0.265 e. The fraction of sp³-hybridized carbons (Fsp3) is 0.286. The van der Waals surface area contributed by atoms with Gasteiger partial charge in [-0.2, -0.15) is 5.10 Å². The van der Waals surface area contributed by atoms with Gasteiger partial charge in [0.05, 0.1) is 17.1 Å². The van der Waals surface area contributed by atoms with E-state index in [2.05, 4.69) is 28.8 Å². The Morgan fingerprint density at radius 1 is 1.00 bits per heavy atom. The molecule has 204 valence electrons. The molecule has 0 amide bonds. The third-order valence-electron chi connectivity index (χ3n) is 7.00. The van der Waals surface area contributed by atoms with E-state index in [0.717, 1.165) is 43.4 Å². The van der Waals surface area contributed by atoms with Gasteiger partial charge in [0.15, 0.2) is 5.82 Å². The molecule has 0 radical (unpaired) electrons. The standard InChI is InChI=1S/C28H28F3N5O2S/c1-18(2)35-13-9-19(10-14-35)26-17-21(8-12-32-26)36-15-11-24(33-36)22-4-3-5-25(28(22)31)34-39(37,38)27-16-20(29)6-7-23(27)30/h3-8,11-12,15-19,34H,9-10,13-14H2,1-2H3. The van der Waals surface area contributed by atoms with Crippen LogP contribution in [-0.2, 0) is 10.0 Å². The van der Waals surface area contributed by atoms with Gasteiger partial charge in [0, 0.05) is 35.6 Å². The second-order valence-corrected chi connectivity index (χ2v) is 11.5. The van der Waals surface area contributed by atoms with Crippen LogP contribution >= 0.6 is 0 Å². The van der Waals surface area contributed by atoms with Gasteiger partial charge < -0.3 is 4.90 Å². The first-order valence-corrected chi connectivity index (χ1v) is 14.1. The van der Waals surface area contributed by atoms with Crippen molar-refractivity contribution in [3.8, 4) is 16.9 Å². The minimum absolute atomic E-state index is 0.0454. The molecule has 7 nitrogen and oxygen atoms in total. The largest absolute Gasteiger partial charge is 0.301 e. The van der Waals surface area contributed by atoms with Crippen LogP contribution in [0.3, 0.4) is 0 Å². The molecule has 1 saturated heterocycles. The van der Waals surface area contributed by atoms with E-state index in [0.29, 0.717) is 24.1 Å². The lowest BCUT2D eigenvalue weighted by Gasteiger charge is -2.34. The van der Waals surface area contributed by atoms with Crippen molar-refractivity contribution in [3.05, 3.63) is 90.1 Å². The van der Waals surface area contributed by atoms with Crippen molar-refractivity contribution >= 4 is 15.7 Å². The fourth-order valence-corrected chi connectivity index (χ4v) is 5.97. The van der Waals surface area contributed by atoms with Crippen LogP contribution in [0.1, 0.15) is 38.3 Å². The Morgan fingerprint density at radius 2 is 1.77 bits per heavy atom. The second-order valence-electron chi connectivity index (χ2n) is 9.84. The minimum Gasteiger partial charge on any atom is -0.301 e. The van der Waals surface area contributed by atoms with Crippen molar-refractivity contribution < 1.29 is 21.6 Å². The maximum absolute atomic E-state index is 15.4. The second kappa shape index (κ2) is 10.8. The van der Waals surface area contributed by atoms with Crippen molar-refractivity contribution in [2.24, 2.45) is 0 Å². The summed E-state index contributed by atoms with van der Waals surface area (Å²) in [6.45, 7) is 6.44. The van der Waals surface area contributed by atoms with Crippen molar-refractivity contribution in [1.29, 1.82) is 0 Å². The number of nitrogens with one attached hydrogen (secondary N) is 1. The SMILES string of the molecule is CC(C)N1CCC(c2cc(-n3ccc(-c4cccc(NS(=O)(=O)c5cc(F)ccc5F)c4F)n3)ccn2)CC1. The summed E-state index contributed by atoms with van der Waals surface area (Å²) in [5, 5.41) is 4.51. The summed E-state index contributed by atoms with van der Waals surface area (Å²) in [5.74, 6) is -2.63. The Hall–Kier alpha value is -3.70. The lowest BCUT2D eigenvalue weighted by molar-refractivity contribution is 0.171. The highest BCUT2D eigenvalue weighted by molar-refractivity contribution is 7.92. The summed E-state index contributed by atoms with van der Waals surface area (Å²) in [5.41, 5.74) is 1.67. The van der Waals surface area contributed by atoms with E-state index in [1.165, 1.54) is 18.2 Å². The highest BCUT2D eigenvalue weighted by Gasteiger charge is 2.24. The maximum atomic E-state index is 15.4. The van der Waals surface area contributed by atoms with E-state index in [-0.39, 0.29) is 11.3 Å². The van der Waals surface area contributed by atoms with Gasteiger partial charge in [0.2, 0.25) is 0 Å². The van der Waals surface area contributed by atoms with Crippen molar-refractivity contribution in [2.75, 3.05) is 17.8 Å². The first-order valence-electron chi connectivity index (χ1n) is 12.6. The number of piperidine rings is 1. The lowest BCUT2D eigenvalue weighted by atomic mass is 9.92. The molecule has 1 fully saturated rings. The molecule has 1 aliphatic rings. The fourth-order valence-electron chi connectivity index (χ4n) is 4.82. The zero-order chi connectivity index (χ0) is 27.7. The topological polar surface area (TPSA) is 80.1 Å². The summed E-state index contributed by atoms with van der Waals surface area (Å²) in [7, 11) is -4.59. The van der Waals surface area contributed by atoms with Crippen LogP contribution in [0.5, 0.6) is 0 Å². The number of hydrogen-bond acceptors (Lipinski definition) is 5. The predicted molar refractivity (Wildman–Crippen MR) is 143 cm³/mol. The molecule has 11 heteroatoms. The Labute approximate surface area is 225 Å². The number of nitrogens with zero attached hydrogens (tertiary/aromatic N) is 4. The number of halogens is 3. The van der Waals surface area contributed by atoms with E-state index in [1.807, 2.05) is 16.9 Å². The molecule has 2 aromatic carbocycles. The number of anilines is 1. The number of aromatic nitrogens is 3. The third kappa shape index (κ3) is 5.69. The van der Waals surface area contributed by atoms with E-state index in [1.54, 1.807) is 23.1 Å². The van der Waals surface area contributed by atoms with Gasteiger partial charge in [-0.25, -0.2) is 26.3 Å². The number of pyridine rings is 1. The molecular weight excluding hydrogens is 527 g/mol. The number of sulfonamides is 1. The molecular formula is C28H28F3N5O2S. The average molecular weight is 556 g/mol. The van der Waals surface area contributed by atoms with Crippen LogP contribution in [-0.4, -0.2) is 47.2 Å². The summed E-state index contributed by atoms with van der Waals surface area (Å²) in [6.07, 6.45) is 5.47. The van der Waals surface area contributed by atoms with Crippen LogP contribution in [0.2, 0.25) is 0 Å². The van der Waals surface area contributed by atoms with Gasteiger partial charge in [-0.15, -0.1) is 0 Å². The Kier molecular flexibility index (Phi) is 7.46. The van der Waals surface area contributed by atoms with Gasteiger partial charge in [0.1, 0.15) is 16.5 Å². The molecule has 1 N–H and O–H groups in total. The zero-order valence-corrected chi connectivity index (χ0v) is 22.3. The molecule has 0 bridgehead atoms. The number of rotatable bonds is 7. The van der Waals surface area contributed by atoms with Crippen LogP contribution < -0.4 is 4.72 Å². The molecule has 3 heterocycles. The first-order chi connectivity index (χ1) is 18.6. The molecule has 0 aliphatic carbocycles.